The number of aromatic amines is 1. The van der Waals surface area contributed by atoms with Gasteiger partial charge in [0.15, 0.2) is 5.69 Å². The van der Waals surface area contributed by atoms with Crippen LogP contribution in [0.25, 0.3) is 10.9 Å². The van der Waals surface area contributed by atoms with Gasteiger partial charge in [-0.1, -0.05) is 24.6 Å². The summed E-state index contributed by atoms with van der Waals surface area (Å²) in [5, 5.41) is 6.58. The molecule has 0 atom stereocenters. The Kier molecular flexibility index (Phi) is 4.39. The average molecular weight is 348 g/mol. The molecule has 0 radical (unpaired) electrons. The van der Waals surface area contributed by atoms with Gasteiger partial charge in [-0.05, 0) is 37.0 Å². The van der Waals surface area contributed by atoms with Crippen LogP contribution in [0.3, 0.4) is 0 Å². The van der Waals surface area contributed by atoms with Crippen LogP contribution >= 0.6 is 0 Å². The fraction of sp³-hybridized carbons (Fsp3) is 0.250. The number of anilines is 1. The van der Waals surface area contributed by atoms with E-state index in [4.69, 9.17) is 0 Å². The number of H-pyrrole nitrogens is 1. The van der Waals surface area contributed by atoms with Crippen LogP contribution in [0, 0.1) is 5.92 Å². The first-order valence-corrected chi connectivity index (χ1v) is 8.83. The summed E-state index contributed by atoms with van der Waals surface area (Å²) >= 11 is 0. The van der Waals surface area contributed by atoms with E-state index >= 15 is 0 Å². The Morgan fingerprint density at radius 3 is 2.77 bits per heavy atom. The predicted molar refractivity (Wildman–Crippen MR) is 100 cm³/mol. The number of nitrogens with zero attached hydrogens (tertiary/aromatic N) is 1. The first kappa shape index (κ1) is 16.3. The van der Waals surface area contributed by atoms with Gasteiger partial charge in [0, 0.05) is 29.8 Å². The normalized spacial score (nSPS) is 14.0. The molecule has 0 aliphatic heterocycles. The molecule has 3 aromatic rings. The van der Waals surface area contributed by atoms with Crippen LogP contribution < -0.4 is 10.6 Å². The highest BCUT2D eigenvalue weighted by Crippen LogP contribution is 2.25. The molecule has 0 unspecified atom stereocenters. The molecule has 0 bridgehead atoms. The summed E-state index contributed by atoms with van der Waals surface area (Å²) in [6.45, 7) is 0.658. The Hall–Kier alpha value is -3.15. The quantitative estimate of drug-likeness (QED) is 0.661. The second-order valence-electron chi connectivity index (χ2n) is 6.61. The number of carbonyl (C=O) groups is 2. The Balaban J connectivity index is 1.52. The number of aromatic nitrogens is 2. The third kappa shape index (κ3) is 3.18. The number of fused-ring (bicyclic) bond motifs is 1. The number of hydrogen-bond acceptors (Lipinski definition) is 3. The molecule has 3 N–H and O–H groups in total. The number of hydrogen-bond donors (Lipinski definition) is 3. The number of nitrogens with one attached hydrogen (secondary N) is 3. The Labute approximate surface area is 151 Å². The standard InChI is InChI=1S/C20H20N4O2/c25-19(15-12-22-16-8-2-1-7-14(15)16)24-17-9-4-10-21-18(17)20(26)23-11-13-5-3-6-13/h1-2,4,7-10,12-13,22H,3,5-6,11H2,(H,23,26)(H,24,25). The molecular formula is C20H20N4O2. The summed E-state index contributed by atoms with van der Waals surface area (Å²) in [6, 6.07) is 11.0. The van der Waals surface area contributed by atoms with Gasteiger partial charge in [0.1, 0.15) is 0 Å². The molecule has 1 aliphatic rings. The van der Waals surface area contributed by atoms with Crippen LogP contribution in [0.5, 0.6) is 0 Å². The van der Waals surface area contributed by atoms with Gasteiger partial charge in [-0.3, -0.25) is 9.59 Å². The van der Waals surface area contributed by atoms with Crippen LogP contribution in [-0.2, 0) is 0 Å². The van der Waals surface area contributed by atoms with Crippen LogP contribution in [0.2, 0.25) is 0 Å². The summed E-state index contributed by atoms with van der Waals surface area (Å²) in [5.41, 5.74) is 2.07. The lowest BCUT2D eigenvalue weighted by Gasteiger charge is -2.25. The summed E-state index contributed by atoms with van der Waals surface area (Å²) in [6.07, 6.45) is 6.78. The molecule has 0 saturated heterocycles. The number of rotatable bonds is 5. The SMILES string of the molecule is O=C(NCC1CCC1)c1ncccc1NC(=O)c1c[nH]c2ccccc12. The highest BCUT2D eigenvalue weighted by atomic mass is 16.2. The van der Waals surface area contributed by atoms with E-state index in [1.807, 2.05) is 24.3 Å². The molecule has 6 nitrogen and oxygen atoms in total. The second kappa shape index (κ2) is 7.00. The molecule has 1 saturated carbocycles. The van der Waals surface area contributed by atoms with Crippen LogP contribution in [0.1, 0.15) is 40.1 Å². The average Bonchev–Trinajstić information content (AvgIpc) is 3.05. The van der Waals surface area contributed by atoms with E-state index in [2.05, 4.69) is 20.6 Å². The molecule has 1 aromatic carbocycles. The number of para-hydroxylation sites is 1. The van der Waals surface area contributed by atoms with Gasteiger partial charge < -0.3 is 15.6 Å². The fourth-order valence-electron chi connectivity index (χ4n) is 3.15. The number of pyridine rings is 1. The van der Waals surface area contributed by atoms with Crippen molar-refractivity contribution in [2.75, 3.05) is 11.9 Å². The zero-order chi connectivity index (χ0) is 17.9. The summed E-state index contributed by atoms with van der Waals surface area (Å²) in [7, 11) is 0. The van der Waals surface area contributed by atoms with E-state index in [-0.39, 0.29) is 17.5 Å². The second-order valence-corrected chi connectivity index (χ2v) is 6.61. The van der Waals surface area contributed by atoms with E-state index in [9.17, 15) is 9.59 Å². The van der Waals surface area contributed by atoms with Crippen molar-refractivity contribution in [3.63, 3.8) is 0 Å². The maximum Gasteiger partial charge on any atom is 0.272 e. The molecular weight excluding hydrogens is 328 g/mol. The van der Waals surface area contributed by atoms with Crippen LogP contribution in [0.4, 0.5) is 5.69 Å². The minimum atomic E-state index is -0.275. The van der Waals surface area contributed by atoms with Crippen molar-refractivity contribution in [1.29, 1.82) is 0 Å². The van der Waals surface area contributed by atoms with Crippen molar-refractivity contribution in [3.8, 4) is 0 Å². The molecule has 2 aromatic heterocycles. The Bertz CT molecular complexity index is 959. The van der Waals surface area contributed by atoms with Crippen molar-refractivity contribution in [2.24, 2.45) is 5.92 Å². The molecule has 132 valence electrons. The van der Waals surface area contributed by atoms with Crippen LogP contribution in [0.15, 0.2) is 48.8 Å². The molecule has 4 rings (SSSR count). The lowest BCUT2D eigenvalue weighted by molar-refractivity contribution is 0.0935. The van der Waals surface area contributed by atoms with Gasteiger partial charge in [-0.15, -0.1) is 0 Å². The first-order valence-electron chi connectivity index (χ1n) is 8.83. The van der Waals surface area contributed by atoms with Crippen molar-refractivity contribution < 1.29 is 9.59 Å². The number of carbonyl (C=O) groups excluding carboxylic acids is 2. The topological polar surface area (TPSA) is 86.9 Å². The minimum absolute atomic E-state index is 0.236. The zero-order valence-electron chi connectivity index (χ0n) is 14.3. The molecule has 0 spiro atoms. The van der Waals surface area contributed by atoms with Gasteiger partial charge >= 0.3 is 0 Å². The minimum Gasteiger partial charge on any atom is -0.360 e. The third-order valence-corrected chi connectivity index (χ3v) is 4.88. The van der Waals surface area contributed by atoms with E-state index in [1.54, 1.807) is 24.5 Å². The molecule has 1 fully saturated rings. The first-order chi connectivity index (χ1) is 12.7. The molecule has 2 heterocycles. The predicted octanol–water partition coefficient (Wildman–Crippen LogP) is 3.35. The summed E-state index contributed by atoms with van der Waals surface area (Å²) < 4.78 is 0. The molecule has 2 amide bonds. The van der Waals surface area contributed by atoms with Crippen molar-refractivity contribution >= 4 is 28.4 Å². The maximum absolute atomic E-state index is 12.7. The van der Waals surface area contributed by atoms with E-state index in [1.165, 1.54) is 6.42 Å². The fourth-order valence-corrected chi connectivity index (χ4v) is 3.15. The van der Waals surface area contributed by atoms with Gasteiger partial charge in [-0.25, -0.2) is 4.98 Å². The highest BCUT2D eigenvalue weighted by Gasteiger charge is 2.21. The number of amides is 2. The summed E-state index contributed by atoms with van der Waals surface area (Å²) in [4.78, 5) is 32.4. The van der Waals surface area contributed by atoms with Gasteiger partial charge in [0.2, 0.25) is 0 Å². The lowest BCUT2D eigenvalue weighted by atomic mass is 9.85. The Morgan fingerprint density at radius 2 is 1.96 bits per heavy atom. The van der Waals surface area contributed by atoms with Gasteiger partial charge in [0.05, 0.1) is 11.3 Å². The van der Waals surface area contributed by atoms with Crippen molar-refractivity contribution in [1.82, 2.24) is 15.3 Å². The van der Waals surface area contributed by atoms with Crippen molar-refractivity contribution in [2.45, 2.75) is 19.3 Å². The third-order valence-electron chi connectivity index (χ3n) is 4.88. The molecule has 26 heavy (non-hydrogen) atoms. The zero-order valence-corrected chi connectivity index (χ0v) is 14.3. The van der Waals surface area contributed by atoms with Crippen LogP contribution in [-0.4, -0.2) is 28.3 Å². The monoisotopic (exact) mass is 348 g/mol. The molecule has 1 aliphatic carbocycles. The molecule has 6 heteroatoms. The maximum atomic E-state index is 12.7. The smallest absolute Gasteiger partial charge is 0.272 e. The van der Waals surface area contributed by atoms with Gasteiger partial charge in [-0.2, -0.15) is 0 Å². The van der Waals surface area contributed by atoms with E-state index < -0.39 is 0 Å². The van der Waals surface area contributed by atoms with E-state index in [0.717, 1.165) is 23.7 Å². The van der Waals surface area contributed by atoms with E-state index in [0.29, 0.717) is 23.7 Å². The van der Waals surface area contributed by atoms with Gasteiger partial charge in [0.25, 0.3) is 11.8 Å². The lowest BCUT2D eigenvalue weighted by Crippen LogP contribution is -2.33. The highest BCUT2D eigenvalue weighted by molar-refractivity contribution is 6.14. The van der Waals surface area contributed by atoms with Crippen molar-refractivity contribution in [3.05, 3.63) is 60.0 Å². The Morgan fingerprint density at radius 1 is 1.12 bits per heavy atom. The summed E-state index contributed by atoms with van der Waals surface area (Å²) in [5.74, 6) is 0.0298. The number of benzene rings is 1. The largest absolute Gasteiger partial charge is 0.360 e.